The van der Waals surface area contributed by atoms with E-state index < -0.39 is 11.4 Å². The second-order valence-corrected chi connectivity index (χ2v) is 3.77. The second-order valence-electron chi connectivity index (χ2n) is 2.96. The summed E-state index contributed by atoms with van der Waals surface area (Å²) in [4.78, 5) is 0. The molecule has 0 aliphatic carbocycles. The van der Waals surface area contributed by atoms with Crippen LogP contribution in [-0.2, 0) is 0 Å². The molecule has 0 aliphatic heterocycles. The summed E-state index contributed by atoms with van der Waals surface area (Å²) >= 11 is 11.3. The molecule has 0 saturated heterocycles. The van der Waals surface area contributed by atoms with E-state index in [2.05, 4.69) is 5.32 Å². The number of benzene rings is 1. The van der Waals surface area contributed by atoms with Crippen molar-refractivity contribution in [2.24, 2.45) is 0 Å². The molecule has 18 heavy (non-hydrogen) atoms. The molecule has 0 atom stereocenters. The molecule has 1 rings (SSSR count). The molecule has 0 amide bonds. The Morgan fingerprint density at radius 2 is 1.67 bits per heavy atom. The summed E-state index contributed by atoms with van der Waals surface area (Å²) in [5.41, 5.74) is -0.703. The van der Waals surface area contributed by atoms with Crippen LogP contribution in [0.3, 0.4) is 0 Å². The van der Waals surface area contributed by atoms with Gasteiger partial charge in [-0.3, -0.25) is 0 Å². The number of hydrogen-bond acceptors (Lipinski definition) is 4. The number of halogens is 3. The monoisotopic (exact) mass is 280 g/mol. The van der Waals surface area contributed by atoms with E-state index in [1.54, 1.807) is 6.07 Å². The second kappa shape index (κ2) is 5.89. The van der Waals surface area contributed by atoms with E-state index in [0.717, 1.165) is 12.1 Å². The minimum absolute atomic E-state index is 0.0399. The highest BCUT2D eigenvalue weighted by Gasteiger charge is 2.11. The van der Waals surface area contributed by atoms with Gasteiger partial charge in [0.25, 0.3) is 0 Å². The summed E-state index contributed by atoms with van der Waals surface area (Å²) in [5.74, 6) is -0.740. The highest BCUT2D eigenvalue weighted by molar-refractivity contribution is 6.36. The molecular weight excluding hydrogens is 278 g/mol. The summed E-state index contributed by atoms with van der Waals surface area (Å²) < 4.78 is 13.2. The standard InChI is InChI=1S/C11H3Cl2FN4/c12-7-1-8(13)10(2-9(7)14)18-11(5-17)6(3-15)4-16/h1-2,18H. The number of nitriles is 3. The minimum Gasteiger partial charge on any atom is -0.344 e. The molecule has 1 aromatic carbocycles. The Bertz CT molecular complexity index is 631. The number of allylic oxidation sites excluding steroid dienone is 2. The number of nitrogens with one attached hydrogen (secondary N) is 1. The predicted molar refractivity (Wildman–Crippen MR) is 63.9 cm³/mol. The number of hydrogen-bond donors (Lipinski definition) is 1. The van der Waals surface area contributed by atoms with E-state index in [-0.39, 0.29) is 21.4 Å². The molecule has 1 aromatic rings. The third-order valence-corrected chi connectivity index (χ3v) is 2.46. The van der Waals surface area contributed by atoms with Gasteiger partial charge in [0.2, 0.25) is 0 Å². The summed E-state index contributed by atoms with van der Waals surface area (Å²) in [6.07, 6.45) is 0. The minimum atomic E-state index is -0.740. The molecule has 88 valence electrons. The van der Waals surface area contributed by atoms with E-state index in [1.807, 2.05) is 0 Å². The van der Waals surface area contributed by atoms with Gasteiger partial charge in [-0.15, -0.1) is 0 Å². The normalized spacial score (nSPS) is 8.67. The molecule has 0 unspecified atom stereocenters. The van der Waals surface area contributed by atoms with E-state index in [0.29, 0.717) is 0 Å². The molecule has 0 aliphatic rings. The molecule has 7 heteroatoms. The van der Waals surface area contributed by atoms with Crippen LogP contribution in [0.15, 0.2) is 23.4 Å². The average molecular weight is 281 g/mol. The molecule has 0 bridgehead atoms. The van der Waals surface area contributed by atoms with Crippen molar-refractivity contribution in [3.63, 3.8) is 0 Å². The molecular formula is C11H3Cl2FN4. The SMILES string of the molecule is N#CC(C#N)=C(C#N)Nc1cc(F)c(Cl)cc1Cl. The van der Waals surface area contributed by atoms with Crippen LogP contribution in [0, 0.1) is 39.8 Å². The van der Waals surface area contributed by atoms with Crippen molar-refractivity contribution in [1.29, 1.82) is 15.8 Å². The molecule has 0 aromatic heterocycles. The van der Waals surface area contributed by atoms with Crippen LogP contribution >= 0.6 is 23.2 Å². The first kappa shape index (κ1) is 13.8. The van der Waals surface area contributed by atoms with Crippen LogP contribution in [0.1, 0.15) is 0 Å². The Balaban J connectivity index is 3.26. The van der Waals surface area contributed by atoms with Gasteiger partial charge in [-0.05, 0) is 6.07 Å². The smallest absolute Gasteiger partial charge is 0.163 e. The molecule has 0 radical (unpaired) electrons. The zero-order valence-electron chi connectivity index (χ0n) is 8.63. The van der Waals surface area contributed by atoms with Crippen LogP contribution in [-0.4, -0.2) is 0 Å². The Kier molecular flexibility index (Phi) is 4.52. The highest BCUT2D eigenvalue weighted by atomic mass is 35.5. The fraction of sp³-hybridized carbons (Fsp3) is 0. The Hall–Kier alpha value is -2.26. The average Bonchev–Trinajstić information content (AvgIpc) is 2.35. The van der Waals surface area contributed by atoms with Crippen molar-refractivity contribution in [2.75, 3.05) is 5.32 Å². The van der Waals surface area contributed by atoms with Gasteiger partial charge < -0.3 is 5.32 Å². The van der Waals surface area contributed by atoms with E-state index in [1.165, 1.54) is 12.1 Å². The maximum absolute atomic E-state index is 13.2. The first-order valence-corrected chi connectivity index (χ1v) is 5.15. The largest absolute Gasteiger partial charge is 0.344 e. The summed E-state index contributed by atoms with van der Waals surface area (Å²) in [6, 6.07) is 6.82. The van der Waals surface area contributed by atoms with Crippen LogP contribution in [0.25, 0.3) is 0 Å². The highest BCUT2D eigenvalue weighted by Crippen LogP contribution is 2.29. The quantitative estimate of drug-likeness (QED) is 0.665. The van der Waals surface area contributed by atoms with Gasteiger partial charge in [-0.25, -0.2) is 4.39 Å². The van der Waals surface area contributed by atoms with Gasteiger partial charge in [-0.1, -0.05) is 23.2 Å². The van der Waals surface area contributed by atoms with Crippen molar-refractivity contribution in [3.05, 3.63) is 39.3 Å². The lowest BCUT2D eigenvalue weighted by Gasteiger charge is -2.07. The van der Waals surface area contributed by atoms with Gasteiger partial charge in [-0.2, -0.15) is 15.8 Å². The molecule has 0 saturated carbocycles. The number of rotatable bonds is 2. The van der Waals surface area contributed by atoms with Gasteiger partial charge in [0.05, 0.1) is 15.7 Å². The predicted octanol–water partition coefficient (Wildman–Crippen LogP) is 3.37. The number of nitrogens with zero attached hydrogens (tertiary/aromatic N) is 3. The zero-order chi connectivity index (χ0) is 13.7. The maximum atomic E-state index is 13.2. The van der Waals surface area contributed by atoms with Gasteiger partial charge >= 0.3 is 0 Å². The van der Waals surface area contributed by atoms with Gasteiger partial charge in [0.15, 0.2) is 5.57 Å². The van der Waals surface area contributed by atoms with Crippen molar-refractivity contribution in [1.82, 2.24) is 0 Å². The molecule has 4 nitrogen and oxygen atoms in total. The van der Waals surface area contributed by atoms with Crippen LogP contribution in [0.5, 0.6) is 0 Å². The Morgan fingerprint density at radius 1 is 1.06 bits per heavy atom. The third-order valence-electron chi connectivity index (χ3n) is 1.86. The lowest BCUT2D eigenvalue weighted by atomic mass is 10.2. The third kappa shape index (κ3) is 2.90. The molecule has 1 N–H and O–H groups in total. The van der Waals surface area contributed by atoms with Crippen LogP contribution in [0.2, 0.25) is 10.0 Å². The van der Waals surface area contributed by atoms with E-state index in [9.17, 15) is 4.39 Å². The lowest BCUT2D eigenvalue weighted by Crippen LogP contribution is -2.01. The van der Waals surface area contributed by atoms with Crippen molar-refractivity contribution < 1.29 is 4.39 Å². The van der Waals surface area contributed by atoms with Crippen molar-refractivity contribution in [2.45, 2.75) is 0 Å². The first-order valence-electron chi connectivity index (χ1n) is 4.39. The zero-order valence-corrected chi connectivity index (χ0v) is 10.1. The van der Waals surface area contributed by atoms with Crippen molar-refractivity contribution >= 4 is 28.9 Å². The van der Waals surface area contributed by atoms with Crippen LogP contribution < -0.4 is 5.32 Å². The fourth-order valence-electron chi connectivity index (χ4n) is 1.04. The summed E-state index contributed by atoms with van der Waals surface area (Å²) in [5, 5.41) is 28.3. The Morgan fingerprint density at radius 3 is 2.17 bits per heavy atom. The molecule has 0 heterocycles. The summed E-state index contributed by atoms with van der Waals surface area (Å²) in [6.45, 7) is 0. The topological polar surface area (TPSA) is 83.4 Å². The lowest BCUT2D eigenvalue weighted by molar-refractivity contribution is 0.629. The van der Waals surface area contributed by atoms with Crippen molar-refractivity contribution in [3.8, 4) is 18.2 Å². The maximum Gasteiger partial charge on any atom is 0.163 e. The van der Waals surface area contributed by atoms with Crippen LogP contribution in [0.4, 0.5) is 10.1 Å². The molecule has 0 fully saturated rings. The van der Waals surface area contributed by atoms with Gasteiger partial charge in [0.1, 0.15) is 29.7 Å². The fourth-order valence-corrected chi connectivity index (χ4v) is 1.47. The van der Waals surface area contributed by atoms with Gasteiger partial charge in [0, 0.05) is 6.07 Å². The first-order chi connectivity index (χ1) is 8.53. The number of anilines is 1. The Labute approximate surface area is 112 Å². The summed E-state index contributed by atoms with van der Waals surface area (Å²) in [7, 11) is 0. The van der Waals surface area contributed by atoms with E-state index >= 15 is 0 Å². The van der Waals surface area contributed by atoms with E-state index in [4.69, 9.17) is 39.0 Å². The molecule has 0 spiro atoms.